The van der Waals surface area contributed by atoms with Crippen molar-refractivity contribution >= 4 is 5.69 Å². The monoisotopic (exact) mass is 361 g/mol. The molecule has 0 radical (unpaired) electrons. The summed E-state index contributed by atoms with van der Waals surface area (Å²) in [5.41, 5.74) is 1.71. The Balaban J connectivity index is 2.09. The molecule has 0 aliphatic heterocycles. The van der Waals surface area contributed by atoms with Crippen LogP contribution in [-0.2, 0) is 0 Å². The Morgan fingerprint density at radius 2 is 1.74 bits per heavy atom. The van der Waals surface area contributed by atoms with E-state index in [1.807, 2.05) is 13.0 Å². The Morgan fingerprint density at radius 3 is 2.30 bits per heavy atom. The summed E-state index contributed by atoms with van der Waals surface area (Å²) < 4.78 is 5.41. The van der Waals surface area contributed by atoms with Crippen molar-refractivity contribution in [1.82, 2.24) is 4.98 Å². The molecule has 0 atom stereocenters. The number of nitro benzene ring substituents is 1. The average Bonchev–Trinajstić information content (AvgIpc) is 2.68. The number of nitro groups is 1. The quantitative estimate of drug-likeness (QED) is 0.548. The lowest BCUT2D eigenvalue weighted by atomic mass is 9.99. The molecule has 2 aromatic carbocycles. The van der Waals surface area contributed by atoms with Crippen LogP contribution in [0.3, 0.4) is 0 Å². The first-order valence-corrected chi connectivity index (χ1v) is 8.19. The smallest absolute Gasteiger partial charge is 0.269 e. The first-order chi connectivity index (χ1) is 13.0. The molecule has 0 saturated carbocycles. The van der Waals surface area contributed by atoms with E-state index in [2.05, 4.69) is 4.98 Å². The highest BCUT2D eigenvalue weighted by Gasteiger charge is 2.13. The van der Waals surface area contributed by atoms with E-state index in [1.165, 1.54) is 12.1 Å². The number of nitriles is 1. The van der Waals surface area contributed by atoms with Crippen LogP contribution < -0.4 is 10.3 Å². The maximum Gasteiger partial charge on any atom is 0.269 e. The van der Waals surface area contributed by atoms with Gasteiger partial charge in [0.2, 0.25) is 0 Å². The normalized spacial score (nSPS) is 10.2. The van der Waals surface area contributed by atoms with E-state index >= 15 is 0 Å². The first kappa shape index (κ1) is 17.9. The highest BCUT2D eigenvalue weighted by molar-refractivity contribution is 5.75. The molecule has 3 aromatic rings. The number of hydrogen-bond donors (Lipinski definition) is 1. The lowest BCUT2D eigenvalue weighted by Gasteiger charge is -2.09. The van der Waals surface area contributed by atoms with E-state index in [-0.39, 0.29) is 11.3 Å². The van der Waals surface area contributed by atoms with Crippen molar-refractivity contribution in [2.24, 2.45) is 0 Å². The van der Waals surface area contributed by atoms with Crippen molar-refractivity contribution in [2.75, 3.05) is 6.61 Å². The lowest BCUT2D eigenvalue weighted by molar-refractivity contribution is -0.384. The number of rotatable bonds is 5. The Morgan fingerprint density at radius 1 is 1.11 bits per heavy atom. The molecular weight excluding hydrogens is 346 g/mol. The minimum Gasteiger partial charge on any atom is -0.494 e. The number of aromatic amines is 1. The second-order valence-corrected chi connectivity index (χ2v) is 5.67. The Kier molecular flexibility index (Phi) is 4.99. The summed E-state index contributed by atoms with van der Waals surface area (Å²) in [6, 6.07) is 16.6. The summed E-state index contributed by atoms with van der Waals surface area (Å²) in [5, 5.41) is 20.2. The molecule has 0 aliphatic carbocycles. The number of non-ortho nitro benzene ring substituents is 1. The van der Waals surface area contributed by atoms with E-state index in [4.69, 9.17) is 4.74 Å². The summed E-state index contributed by atoms with van der Waals surface area (Å²) in [7, 11) is 0. The number of benzene rings is 2. The van der Waals surface area contributed by atoms with Gasteiger partial charge in [-0.25, -0.2) is 0 Å². The molecule has 0 aliphatic rings. The number of ether oxygens (including phenoxy) is 1. The van der Waals surface area contributed by atoms with Gasteiger partial charge in [0.15, 0.2) is 0 Å². The molecule has 1 N–H and O–H groups in total. The number of nitrogens with one attached hydrogen (secondary N) is 1. The molecule has 7 heteroatoms. The molecule has 0 amide bonds. The SMILES string of the molecule is CCOc1ccc(-c2cc(-c3ccc([N+](=O)[O-])cc3)[nH]c(=O)c2C#N)cc1. The van der Waals surface area contributed by atoms with Gasteiger partial charge in [0, 0.05) is 23.4 Å². The standard InChI is InChI=1S/C20H15N3O4/c1-2-27-16-9-5-13(6-10-16)17-11-19(22-20(24)18(17)12-21)14-3-7-15(8-4-14)23(25)26/h3-11H,2H2,1H3,(H,22,24). The third kappa shape index (κ3) is 3.70. The van der Waals surface area contributed by atoms with Crippen molar-refractivity contribution in [2.45, 2.75) is 6.92 Å². The third-order valence-electron chi connectivity index (χ3n) is 4.01. The van der Waals surface area contributed by atoms with Crippen LogP contribution in [0.25, 0.3) is 22.4 Å². The second-order valence-electron chi connectivity index (χ2n) is 5.67. The molecule has 0 saturated heterocycles. The van der Waals surface area contributed by atoms with Crippen LogP contribution >= 0.6 is 0 Å². The van der Waals surface area contributed by atoms with Crippen molar-refractivity contribution in [1.29, 1.82) is 5.26 Å². The van der Waals surface area contributed by atoms with Crippen molar-refractivity contribution in [3.8, 4) is 34.2 Å². The van der Waals surface area contributed by atoms with Gasteiger partial charge in [-0.1, -0.05) is 12.1 Å². The molecule has 0 fully saturated rings. The zero-order chi connectivity index (χ0) is 19.4. The summed E-state index contributed by atoms with van der Waals surface area (Å²) in [6.45, 7) is 2.42. The predicted molar refractivity (Wildman–Crippen MR) is 100 cm³/mol. The van der Waals surface area contributed by atoms with Crippen molar-refractivity contribution in [3.63, 3.8) is 0 Å². The fraction of sp³-hybridized carbons (Fsp3) is 0.100. The van der Waals surface area contributed by atoms with Crippen LogP contribution in [0.15, 0.2) is 59.4 Å². The Bertz CT molecular complexity index is 1080. The van der Waals surface area contributed by atoms with Crippen LogP contribution in [0, 0.1) is 21.4 Å². The summed E-state index contributed by atoms with van der Waals surface area (Å²) in [5.74, 6) is 0.695. The number of H-pyrrole nitrogens is 1. The number of aromatic nitrogens is 1. The molecule has 134 valence electrons. The molecule has 3 rings (SSSR count). The van der Waals surface area contributed by atoms with E-state index in [0.29, 0.717) is 34.7 Å². The number of hydrogen-bond acceptors (Lipinski definition) is 5. The average molecular weight is 361 g/mol. The maximum absolute atomic E-state index is 12.4. The predicted octanol–water partition coefficient (Wildman–Crippen LogP) is 3.89. The van der Waals surface area contributed by atoms with E-state index in [1.54, 1.807) is 42.5 Å². The van der Waals surface area contributed by atoms with Gasteiger partial charge in [-0.05, 0) is 48.4 Å². The van der Waals surface area contributed by atoms with Crippen molar-refractivity contribution < 1.29 is 9.66 Å². The summed E-state index contributed by atoms with van der Waals surface area (Å²) in [4.78, 5) is 25.3. The van der Waals surface area contributed by atoms with Gasteiger partial charge in [0.05, 0.1) is 11.5 Å². The van der Waals surface area contributed by atoms with Crippen LogP contribution in [0.1, 0.15) is 12.5 Å². The van der Waals surface area contributed by atoms with Crippen LogP contribution in [-0.4, -0.2) is 16.5 Å². The zero-order valence-corrected chi connectivity index (χ0v) is 14.4. The molecule has 0 unspecified atom stereocenters. The lowest BCUT2D eigenvalue weighted by Crippen LogP contribution is -2.12. The van der Waals surface area contributed by atoms with Gasteiger partial charge in [-0.3, -0.25) is 14.9 Å². The maximum atomic E-state index is 12.4. The highest BCUT2D eigenvalue weighted by atomic mass is 16.6. The number of nitrogens with zero attached hydrogens (tertiary/aromatic N) is 2. The number of pyridine rings is 1. The van der Waals surface area contributed by atoms with Crippen molar-refractivity contribution in [3.05, 3.63) is 80.6 Å². The van der Waals surface area contributed by atoms with Gasteiger partial charge in [-0.2, -0.15) is 5.26 Å². The highest BCUT2D eigenvalue weighted by Crippen LogP contribution is 2.28. The Hall–Kier alpha value is -3.92. The largest absolute Gasteiger partial charge is 0.494 e. The molecule has 0 bridgehead atoms. The second kappa shape index (κ2) is 7.54. The van der Waals surface area contributed by atoms with Gasteiger partial charge in [-0.15, -0.1) is 0 Å². The molecule has 1 aromatic heterocycles. The van der Waals surface area contributed by atoms with Gasteiger partial charge in [0.1, 0.15) is 17.4 Å². The minimum absolute atomic E-state index is 0.00446. The van der Waals surface area contributed by atoms with Gasteiger partial charge < -0.3 is 9.72 Å². The minimum atomic E-state index is -0.516. The fourth-order valence-corrected chi connectivity index (χ4v) is 2.71. The van der Waals surface area contributed by atoms with Gasteiger partial charge in [0.25, 0.3) is 11.2 Å². The van der Waals surface area contributed by atoms with Crippen LogP contribution in [0.2, 0.25) is 0 Å². The van der Waals surface area contributed by atoms with Crippen LogP contribution in [0.4, 0.5) is 5.69 Å². The zero-order valence-electron chi connectivity index (χ0n) is 14.4. The molecular formula is C20H15N3O4. The van der Waals surface area contributed by atoms with Crippen LogP contribution in [0.5, 0.6) is 5.75 Å². The first-order valence-electron chi connectivity index (χ1n) is 8.19. The Labute approximate surface area is 154 Å². The summed E-state index contributed by atoms with van der Waals surface area (Å²) in [6.07, 6.45) is 0. The molecule has 27 heavy (non-hydrogen) atoms. The van der Waals surface area contributed by atoms with E-state index in [0.717, 1.165) is 0 Å². The van der Waals surface area contributed by atoms with Gasteiger partial charge >= 0.3 is 0 Å². The molecule has 7 nitrogen and oxygen atoms in total. The van der Waals surface area contributed by atoms with E-state index < -0.39 is 10.5 Å². The fourth-order valence-electron chi connectivity index (χ4n) is 2.71. The molecule has 1 heterocycles. The third-order valence-corrected chi connectivity index (χ3v) is 4.01. The molecule has 0 spiro atoms. The topological polar surface area (TPSA) is 109 Å². The van der Waals surface area contributed by atoms with E-state index in [9.17, 15) is 20.2 Å². The summed E-state index contributed by atoms with van der Waals surface area (Å²) >= 11 is 0.